The lowest BCUT2D eigenvalue weighted by atomic mass is 9.94. The molecule has 3 heteroatoms. The van der Waals surface area contributed by atoms with Crippen LogP contribution in [0.4, 0.5) is 0 Å². The lowest BCUT2D eigenvalue weighted by Gasteiger charge is -2.44. The molecule has 30 heavy (non-hydrogen) atoms. The van der Waals surface area contributed by atoms with Gasteiger partial charge in [0.15, 0.2) is 0 Å². The molecule has 0 bridgehead atoms. The zero-order valence-electron chi connectivity index (χ0n) is 16.8. The second-order valence-corrected chi connectivity index (χ2v) is 7.66. The highest BCUT2D eigenvalue weighted by molar-refractivity contribution is 5.60. The Morgan fingerprint density at radius 2 is 1.30 bits per heavy atom. The summed E-state index contributed by atoms with van der Waals surface area (Å²) in [6.45, 7) is 1.80. The minimum atomic E-state index is 0.186. The van der Waals surface area contributed by atoms with Crippen molar-refractivity contribution in [2.45, 2.75) is 12.1 Å². The molecule has 3 nitrogen and oxygen atoms in total. The van der Waals surface area contributed by atoms with Crippen LogP contribution in [0.1, 0.15) is 17.2 Å². The van der Waals surface area contributed by atoms with Gasteiger partial charge in [-0.15, -0.1) is 0 Å². The number of ether oxygens (including phenoxy) is 1. The van der Waals surface area contributed by atoms with Crippen molar-refractivity contribution in [3.05, 3.63) is 120 Å². The molecule has 5 rings (SSSR count). The molecular formula is C27H24N2O. The maximum absolute atomic E-state index is 6.28. The molecular weight excluding hydrogens is 368 g/mol. The average Bonchev–Trinajstić information content (AvgIpc) is 2.80. The zero-order valence-corrected chi connectivity index (χ0v) is 16.8. The van der Waals surface area contributed by atoms with Crippen molar-refractivity contribution in [1.29, 1.82) is 0 Å². The molecule has 0 saturated carbocycles. The van der Waals surface area contributed by atoms with Gasteiger partial charge in [-0.2, -0.15) is 0 Å². The number of nitrogens with zero attached hydrogens (tertiary/aromatic N) is 2. The summed E-state index contributed by atoms with van der Waals surface area (Å²) in [7, 11) is 0. The molecule has 0 amide bonds. The van der Waals surface area contributed by atoms with Crippen molar-refractivity contribution in [3.8, 4) is 17.0 Å². The Morgan fingerprint density at radius 1 is 0.733 bits per heavy atom. The van der Waals surface area contributed by atoms with E-state index in [4.69, 9.17) is 4.74 Å². The van der Waals surface area contributed by atoms with Gasteiger partial charge < -0.3 is 4.74 Å². The third-order valence-corrected chi connectivity index (χ3v) is 5.58. The van der Waals surface area contributed by atoms with Crippen LogP contribution in [0.2, 0.25) is 0 Å². The minimum absolute atomic E-state index is 0.186. The van der Waals surface area contributed by atoms with E-state index in [1.807, 2.05) is 36.5 Å². The summed E-state index contributed by atoms with van der Waals surface area (Å²) in [4.78, 5) is 6.97. The molecule has 4 aromatic rings. The highest BCUT2D eigenvalue weighted by atomic mass is 16.5. The molecule has 1 aliphatic heterocycles. The number of hydrogen-bond acceptors (Lipinski definition) is 3. The van der Waals surface area contributed by atoms with E-state index in [0.717, 1.165) is 30.1 Å². The fourth-order valence-corrected chi connectivity index (χ4v) is 4.08. The van der Waals surface area contributed by atoms with Gasteiger partial charge in [-0.1, -0.05) is 91.0 Å². The Hall–Kier alpha value is -3.43. The number of aromatic nitrogens is 1. The molecule has 3 aromatic carbocycles. The first-order chi connectivity index (χ1) is 14.9. The van der Waals surface area contributed by atoms with Gasteiger partial charge in [0, 0.05) is 30.9 Å². The van der Waals surface area contributed by atoms with Crippen LogP contribution in [0.15, 0.2) is 109 Å². The third kappa shape index (κ3) is 3.98. The SMILES string of the molecule is c1ccc(-c2cc(OC3CN(C(c4ccccc4)c4ccccc4)C3)ccn2)cc1. The number of likely N-dealkylation sites (tertiary alicyclic amines) is 1. The monoisotopic (exact) mass is 392 g/mol. The average molecular weight is 393 g/mol. The highest BCUT2D eigenvalue weighted by Crippen LogP contribution is 2.33. The molecule has 1 fully saturated rings. The van der Waals surface area contributed by atoms with E-state index in [9.17, 15) is 0 Å². The van der Waals surface area contributed by atoms with Gasteiger partial charge in [0.05, 0.1) is 11.7 Å². The number of hydrogen-bond donors (Lipinski definition) is 0. The van der Waals surface area contributed by atoms with E-state index >= 15 is 0 Å². The van der Waals surface area contributed by atoms with Crippen molar-refractivity contribution in [2.24, 2.45) is 0 Å². The lowest BCUT2D eigenvalue weighted by Crippen LogP contribution is -2.55. The largest absolute Gasteiger partial charge is 0.488 e. The van der Waals surface area contributed by atoms with Gasteiger partial charge in [0.25, 0.3) is 0 Å². The Morgan fingerprint density at radius 3 is 1.90 bits per heavy atom. The Labute approximate surface area is 177 Å². The molecule has 0 N–H and O–H groups in total. The lowest BCUT2D eigenvalue weighted by molar-refractivity contribution is 0.000278. The van der Waals surface area contributed by atoms with Gasteiger partial charge >= 0.3 is 0 Å². The van der Waals surface area contributed by atoms with E-state index < -0.39 is 0 Å². The van der Waals surface area contributed by atoms with Crippen LogP contribution in [0.5, 0.6) is 5.75 Å². The van der Waals surface area contributed by atoms with E-state index in [1.165, 1.54) is 11.1 Å². The van der Waals surface area contributed by atoms with E-state index in [1.54, 1.807) is 0 Å². The van der Waals surface area contributed by atoms with Crippen molar-refractivity contribution >= 4 is 0 Å². The molecule has 1 aliphatic rings. The van der Waals surface area contributed by atoms with Crippen LogP contribution in [-0.2, 0) is 0 Å². The van der Waals surface area contributed by atoms with Gasteiger partial charge in [-0.05, 0) is 17.2 Å². The molecule has 148 valence electrons. The maximum Gasteiger partial charge on any atom is 0.124 e. The van der Waals surface area contributed by atoms with E-state index in [0.29, 0.717) is 0 Å². The van der Waals surface area contributed by atoms with Crippen LogP contribution in [0.3, 0.4) is 0 Å². The van der Waals surface area contributed by atoms with Crippen LogP contribution >= 0.6 is 0 Å². The van der Waals surface area contributed by atoms with E-state index in [2.05, 4.69) is 82.7 Å². The normalized spacial score (nSPS) is 14.4. The maximum atomic E-state index is 6.28. The smallest absolute Gasteiger partial charge is 0.124 e. The first-order valence-corrected chi connectivity index (χ1v) is 10.4. The van der Waals surface area contributed by atoms with Gasteiger partial charge in [0.2, 0.25) is 0 Å². The summed E-state index contributed by atoms with van der Waals surface area (Å²) in [6.07, 6.45) is 2.01. The summed E-state index contributed by atoms with van der Waals surface area (Å²) in [5.41, 5.74) is 4.68. The van der Waals surface area contributed by atoms with Crippen LogP contribution < -0.4 is 4.74 Å². The summed E-state index contributed by atoms with van der Waals surface area (Å²) in [5, 5.41) is 0. The second-order valence-electron chi connectivity index (χ2n) is 7.66. The first kappa shape index (κ1) is 18.6. The number of pyridine rings is 1. The van der Waals surface area contributed by atoms with E-state index in [-0.39, 0.29) is 12.1 Å². The van der Waals surface area contributed by atoms with Crippen LogP contribution in [0, 0.1) is 0 Å². The van der Waals surface area contributed by atoms with Crippen molar-refractivity contribution in [2.75, 3.05) is 13.1 Å². The molecule has 0 aliphatic carbocycles. The molecule has 0 atom stereocenters. The molecule has 0 spiro atoms. The predicted molar refractivity (Wildman–Crippen MR) is 120 cm³/mol. The van der Waals surface area contributed by atoms with Crippen molar-refractivity contribution in [3.63, 3.8) is 0 Å². The zero-order chi connectivity index (χ0) is 20.2. The van der Waals surface area contributed by atoms with Gasteiger partial charge in [-0.3, -0.25) is 9.88 Å². The van der Waals surface area contributed by atoms with Crippen molar-refractivity contribution < 1.29 is 4.74 Å². The fourth-order valence-electron chi connectivity index (χ4n) is 4.08. The summed E-state index contributed by atoms with van der Waals surface area (Å²) in [5.74, 6) is 0.879. The number of benzene rings is 3. The van der Waals surface area contributed by atoms with Gasteiger partial charge in [0.1, 0.15) is 11.9 Å². The minimum Gasteiger partial charge on any atom is -0.488 e. The predicted octanol–water partition coefficient (Wildman–Crippen LogP) is 5.60. The fraction of sp³-hybridized carbons (Fsp3) is 0.148. The summed E-state index contributed by atoms with van der Waals surface area (Å²) >= 11 is 0. The Balaban J connectivity index is 1.29. The standard InChI is InChI=1S/C27H24N2O/c1-4-10-21(11-5-1)26-18-24(16-17-28-26)30-25-19-29(20-25)27(22-12-6-2-7-13-22)23-14-8-3-9-15-23/h1-18,25,27H,19-20H2. The highest BCUT2D eigenvalue weighted by Gasteiger charge is 2.35. The summed E-state index contributed by atoms with van der Waals surface area (Å²) in [6, 6.07) is 35.9. The van der Waals surface area contributed by atoms with Crippen LogP contribution in [-0.4, -0.2) is 29.1 Å². The molecule has 1 saturated heterocycles. The van der Waals surface area contributed by atoms with Crippen molar-refractivity contribution in [1.82, 2.24) is 9.88 Å². The second kappa shape index (κ2) is 8.52. The molecule has 0 radical (unpaired) electrons. The first-order valence-electron chi connectivity index (χ1n) is 10.4. The quantitative estimate of drug-likeness (QED) is 0.427. The molecule has 1 aromatic heterocycles. The molecule has 0 unspecified atom stereocenters. The summed E-state index contributed by atoms with van der Waals surface area (Å²) < 4.78 is 6.28. The molecule has 2 heterocycles. The topological polar surface area (TPSA) is 25.4 Å². The van der Waals surface area contributed by atoms with Gasteiger partial charge in [-0.25, -0.2) is 0 Å². The number of rotatable bonds is 6. The third-order valence-electron chi connectivity index (χ3n) is 5.58. The van der Waals surface area contributed by atoms with Crippen LogP contribution in [0.25, 0.3) is 11.3 Å². The Bertz CT molecular complexity index is 1040. The Kier molecular flexibility index (Phi) is 5.28.